The van der Waals surface area contributed by atoms with Gasteiger partial charge in [-0.3, -0.25) is 6.08 Å². The third kappa shape index (κ3) is 9.24. The van der Waals surface area contributed by atoms with Crippen LogP contribution in [0.1, 0.15) is 79.3 Å². The van der Waals surface area contributed by atoms with Gasteiger partial charge in [-0.15, -0.1) is 46.2 Å². The molecule has 0 aromatic heterocycles. The van der Waals surface area contributed by atoms with E-state index in [4.69, 9.17) is 0 Å². The average molecular weight is 628 g/mol. The van der Waals surface area contributed by atoms with E-state index < -0.39 is 0 Å². The zero-order valence-corrected chi connectivity index (χ0v) is 28.3. The molecule has 0 saturated heterocycles. The van der Waals surface area contributed by atoms with Crippen LogP contribution in [0.3, 0.4) is 0 Å². The van der Waals surface area contributed by atoms with Gasteiger partial charge in [-0.05, 0) is 13.8 Å². The van der Waals surface area contributed by atoms with Crippen LogP contribution in [-0.2, 0) is 37.1 Å². The van der Waals surface area contributed by atoms with Crippen LogP contribution in [0.4, 0.5) is 0 Å². The van der Waals surface area contributed by atoms with Crippen molar-refractivity contribution in [3.63, 3.8) is 0 Å². The third-order valence-electron chi connectivity index (χ3n) is 7.72. The summed E-state index contributed by atoms with van der Waals surface area (Å²) in [6.45, 7) is 8.78. The summed E-state index contributed by atoms with van der Waals surface area (Å²) < 4.78 is 1.45. The molecular formula is C41H44Zr. The van der Waals surface area contributed by atoms with Crippen molar-refractivity contribution in [2.24, 2.45) is 0 Å². The molecule has 0 saturated carbocycles. The number of rotatable bonds is 8. The summed E-state index contributed by atoms with van der Waals surface area (Å²) >= 11 is 1.48. The van der Waals surface area contributed by atoms with E-state index >= 15 is 0 Å². The Bertz CT molecular complexity index is 1510. The number of fused-ring (bicyclic) bond motifs is 3. The van der Waals surface area contributed by atoms with E-state index in [1.807, 2.05) is 12.2 Å². The summed E-state index contributed by atoms with van der Waals surface area (Å²) in [4.78, 5) is 0. The number of hydrogen-bond acceptors (Lipinski definition) is 0. The molecule has 0 amide bonds. The monoisotopic (exact) mass is 626 g/mol. The maximum absolute atomic E-state index is 2.99. The molecule has 0 radical (unpaired) electrons. The van der Waals surface area contributed by atoms with Crippen LogP contribution in [0.5, 0.6) is 0 Å². The number of aryl methyl sites for hydroxylation is 4. The Labute approximate surface area is 268 Å². The predicted octanol–water partition coefficient (Wildman–Crippen LogP) is 11.1. The summed E-state index contributed by atoms with van der Waals surface area (Å²) in [5.41, 5.74) is 8.33. The first kappa shape index (κ1) is 31.9. The SMILES string of the molecule is CCCCc1ccc([C](=[Zr+2])c2ccc(CCCC)cc2)cc1.Cc1ccc2c(c1)[cH-]c1cc(C)ccc12.[C-]1=CC=CC1. The zero-order valence-electron chi connectivity index (χ0n) is 25.8. The average Bonchev–Trinajstić information content (AvgIpc) is 3.71. The van der Waals surface area contributed by atoms with Crippen molar-refractivity contribution in [3.8, 4) is 0 Å². The predicted molar refractivity (Wildman–Crippen MR) is 181 cm³/mol. The van der Waals surface area contributed by atoms with Gasteiger partial charge in [0.05, 0.1) is 0 Å². The minimum absolute atomic E-state index is 1.01. The molecule has 0 bridgehead atoms. The van der Waals surface area contributed by atoms with Crippen LogP contribution in [-0.4, -0.2) is 3.21 Å². The van der Waals surface area contributed by atoms with E-state index in [-0.39, 0.29) is 0 Å². The second kappa shape index (κ2) is 16.6. The molecule has 1 heteroatoms. The Kier molecular flexibility index (Phi) is 12.6. The molecule has 0 N–H and O–H groups in total. The van der Waals surface area contributed by atoms with Gasteiger partial charge in [0.25, 0.3) is 0 Å². The Balaban J connectivity index is 0.000000172. The number of hydrogen-bond donors (Lipinski definition) is 0. The van der Waals surface area contributed by atoms with Crippen molar-refractivity contribution in [2.75, 3.05) is 0 Å². The standard InChI is InChI=1S/C21H26.C15H13.C5H5.Zr/c1-3-5-7-18-9-13-20(14-10-18)17-21-15-11-19(12-16-21)8-6-4-2;1-10-3-5-14-12(7-10)9-13-8-11(2)4-6-15(13)14;1-2-4-5-3-1;/h9-16H,3-8H2,1-2H3;3-9H,1-2H3;1-3H,4H2;/q;2*-1;+2. The van der Waals surface area contributed by atoms with E-state index in [2.05, 4.69) is 131 Å². The molecule has 6 rings (SSSR count). The van der Waals surface area contributed by atoms with Gasteiger partial charge in [-0.1, -0.05) is 35.4 Å². The van der Waals surface area contributed by atoms with E-state index in [1.54, 1.807) is 0 Å². The Hall–Kier alpha value is -3.02. The van der Waals surface area contributed by atoms with Crippen LogP contribution in [0.25, 0.3) is 21.5 Å². The molecule has 0 atom stereocenters. The maximum Gasteiger partial charge on any atom is -0.0469 e. The minimum atomic E-state index is 1.01. The molecule has 5 aromatic rings. The molecule has 5 aromatic carbocycles. The molecule has 42 heavy (non-hydrogen) atoms. The molecule has 0 unspecified atom stereocenters. The fourth-order valence-electron chi connectivity index (χ4n) is 5.21. The topological polar surface area (TPSA) is 0 Å². The third-order valence-corrected chi connectivity index (χ3v) is 9.14. The summed E-state index contributed by atoms with van der Waals surface area (Å²) in [7, 11) is 0. The van der Waals surface area contributed by atoms with E-state index in [1.165, 1.54) is 121 Å². The molecule has 0 fully saturated rings. The van der Waals surface area contributed by atoms with Gasteiger partial charge in [-0.2, -0.15) is 6.08 Å². The largest absolute Gasteiger partial charge is 0.273 e. The first-order valence-electron chi connectivity index (χ1n) is 15.5. The zero-order chi connectivity index (χ0) is 29.7. The van der Waals surface area contributed by atoms with E-state index in [9.17, 15) is 0 Å². The summed E-state index contributed by atoms with van der Waals surface area (Å²) in [6.07, 6.45) is 17.5. The Morgan fingerprint density at radius 1 is 0.690 bits per heavy atom. The molecule has 1 aliphatic carbocycles. The van der Waals surface area contributed by atoms with Crippen LogP contribution >= 0.6 is 0 Å². The van der Waals surface area contributed by atoms with Crippen molar-refractivity contribution < 1.29 is 24.2 Å². The molecule has 0 heterocycles. The second-order valence-corrected chi connectivity index (χ2v) is 12.5. The van der Waals surface area contributed by atoms with Gasteiger partial charge in [0, 0.05) is 0 Å². The number of allylic oxidation sites excluding steroid dienone is 4. The molecule has 0 spiro atoms. The van der Waals surface area contributed by atoms with Crippen LogP contribution in [0.15, 0.2) is 109 Å². The van der Waals surface area contributed by atoms with Crippen molar-refractivity contribution in [1.29, 1.82) is 0 Å². The van der Waals surface area contributed by atoms with Gasteiger partial charge >= 0.3 is 151 Å². The van der Waals surface area contributed by atoms with Gasteiger partial charge in [0.15, 0.2) is 0 Å². The summed E-state index contributed by atoms with van der Waals surface area (Å²) in [5.74, 6) is 0. The van der Waals surface area contributed by atoms with Crippen molar-refractivity contribution in [2.45, 2.75) is 72.6 Å². The Morgan fingerprint density at radius 3 is 1.52 bits per heavy atom. The van der Waals surface area contributed by atoms with Gasteiger partial charge < -0.3 is 0 Å². The van der Waals surface area contributed by atoms with Gasteiger partial charge in [0.2, 0.25) is 0 Å². The minimum Gasteiger partial charge on any atom is -0.273 e. The first-order valence-corrected chi connectivity index (χ1v) is 16.8. The fourth-order valence-corrected chi connectivity index (χ4v) is 6.03. The second-order valence-electron chi connectivity index (χ2n) is 11.3. The number of unbranched alkanes of at least 4 members (excludes halogenated alkanes) is 2. The van der Waals surface area contributed by atoms with Crippen LogP contribution in [0.2, 0.25) is 0 Å². The first-order chi connectivity index (χ1) is 20.5. The maximum atomic E-state index is 2.99. The molecular weight excluding hydrogens is 584 g/mol. The molecule has 0 nitrogen and oxygen atoms in total. The quantitative estimate of drug-likeness (QED) is 0.150. The summed E-state index contributed by atoms with van der Waals surface area (Å²) in [6, 6.07) is 34.0. The smallest absolute Gasteiger partial charge is 0.0469 e. The van der Waals surface area contributed by atoms with Crippen LogP contribution in [0, 0.1) is 19.9 Å². The van der Waals surface area contributed by atoms with Gasteiger partial charge in [-0.25, -0.2) is 12.2 Å². The molecule has 0 aliphatic heterocycles. The van der Waals surface area contributed by atoms with Crippen LogP contribution < -0.4 is 0 Å². The van der Waals surface area contributed by atoms with E-state index in [0.29, 0.717) is 0 Å². The Morgan fingerprint density at radius 2 is 1.17 bits per heavy atom. The van der Waals surface area contributed by atoms with Gasteiger partial charge in [0.1, 0.15) is 0 Å². The normalized spacial score (nSPS) is 11.8. The van der Waals surface area contributed by atoms with Crippen molar-refractivity contribution in [1.82, 2.24) is 0 Å². The van der Waals surface area contributed by atoms with Crippen molar-refractivity contribution in [3.05, 3.63) is 149 Å². The fraction of sp³-hybridized carbons (Fsp3) is 0.268. The molecule has 212 valence electrons. The number of benzene rings is 4. The van der Waals surface area contributed by atoms with Crippen molar-refractivity contribution >= 4 is 24.8 Å². The molecule has 1 aliphatic rings. The van der Waals surface area contributed by atoms with E-state index in [0.717, 1.165) is 6.42 Å². The summed E-state index contributed by atoms with van der Waals surface area (Å²) in [5, 5.41) is 5.46.